The van der Waals surface area contributed by atoms with Gasteiger partial charge in [-0.1, -0.05) is 38.1 Å². The molecule has 1 aliphatic heterocycles. The van der Waals surface area contributed by atoms with Crippen molar-refractivity contribution < 1.29 is 4.74 Å². The standard InChI is InChI=1S/C18H30N2O/c1-15(2)11-19-12-17-6-4-7-18(10-17)14-20-8-5-9-21-16(3)13-20/h4,6-7,10,15-16,19H,5,8-9,11-14H2,1-3H3. The summed E-state index contributed by atoms with van der Waals surface area (Å²) in [5.74, 6) is 0.701. The van der Waals surface area contributed by atoms with Crippen molar-refractivity contribution >= 4 is 0 Å². The first-order valence-corrected chi connectivity index (χ1v) is 8.26. The van der Waals surface area contributed by atoms with Crippen LogP contribution in [0.3, 0.4) is 0 Å². The van der Waals surface area contributed by atoms with E-state index in [4.69, 9.17) is 4.74 Å². The van der Waals surface area contributed by atoms with E-state index in [0.29, 0.717) is 12.0 Å². The zero-order valence-electron chi connectivity index (χ0n) is 13.8. The van der Waals surface area contributed by atoms with Crippen molar-refractivity contribution in [3.63, 3.8) is 0 Å². The number of nitrogens with one attached hydrogen (secondary N) is 1. The second-order valence-electron chi connectivity index (χ2n) is 6.61. The second-order valence-corrected chi connectivity index (χ2v) is 6.61. The van der Waals surface area contributed by atoms with E-state index in [0.717, 1.165) is 45.8 Å². The largest absolute Gasteiger partial charge is 0.377 e. The molecule has 0 aliphatic carbocycles. The Hall–Kier alpha value is -0.900. The van der Waals surface area contributed by atoms with Crippen LogP contribution in [-0.2, 0) is 17.8 Å². The maximum absolute atomic E-state index is 5.72. The van der Waals surface area contributed by atoms with E-state index in [-0.39, 0.29) is 0 Å². The van der Waals surface area contributed by atoms with Crippen LogP contribution in [0.5, 0.6) is 0 Å². The fourth-order valence-electron chi connectivity index (χ4n) is 2.83. The first kappa shape index (κ1) is 16.5. The quantitative estimate of drug-likeness (QED) is 0.871. The Labute approximate surface area is 129 Å². The number of hydrogen-bond acceptors (Lipinski definition) is 3. The van der Waals surface area contributed by atoms with Crippen LogP contribution >= 0.6 is 0 Å². The van der Waals surface area contributed by atoms with Gasteiger partial charge in [0, 0.05) is 32.8 Å². The van der Waals surface area contributed by atoms with Gasteiger partial charge in [-0.25, -0.2) is 0 Å². The number of nitrogens with zero attached hydrogens (tertiary/aromatic N) is 1. The van der Waals surface area contributed by atoms with Crippen molar-refractivity contribution in [1.29, 1.82) is 0 Å². The summed E-state index contributed by atoms with van der Waals surface area (Å²) in [4.78, 5) is 2.51. The average Bonchev–Trinajstić information content (AvgIpc) is 2.63. The second kappa shape index (κ2) is 8.52. The third-order valence-corrected chi connectivity index (χ3v) is 3.82. The van der Waals surface area contributed by atoms with Crippen LogP contribution in [0.4, 0.5) is 0 Å². The van der Waals surface area contributed by atoms with E-state index in [9.17, 15) is 0 Å². The number of benzene rings is 1. The van der Waals surface area contributed by atoms with Crippen LogP contribution in [0.1, 0.15) is 38.3 Å². The van der Waals surface area contributed by atoms with Crippen molar-refractivity contribution in [2.45, 2.75) is 46.4 Å². The van der Waals surface area contributed by atoms with Crippen molar-refractivity contribution in [3.05, 3.63) is 35.4 Å². The van der Waals surface area contributed by atoms with E-state index in [1.807, 2.05) is 0 Å². The van der Waals surface area contributed by atoms with Gasteiger partial charge in [0.1, 0.15) is 0 Å². The van der Waals surface area contributed by atoms with E-state index >= 15 is 0 Å². The van der Waals surface area contributed by atoms with Gasteiger partial charge in [0.05, 0.1) is 6.10 Å². The SMILES string of the molecule is CC(C)CNCc1cccc(CN2CCCOC(C)C2)c1. The Morgan fingerprint density at radius 2 is 2.14 bits per heavy atom. The zero-order chi connectivity index (χ0) is 15.1. The maximum atomic E-state index is 5.72. The molecule has 0 saturated carbocycles. The number of rotatable bonds is 6. The fraction of sp³-hybridized carbons (Fsp3) is 0.667. The summed E-state index contributed by atoms with van der Waals surface area (Å²) < 4.78 is 5.72. The Morgan fingerprint density at radius 1 is 1.33 bits per heavy atom. The first-order valence-electron chi connectivity index (χ1n) is 8.26. The van der Waals surface area contributed by atoms with E-state index in [1.165, 1.54) is 11.1 Å². The third kappa shape index (κ3) is 6.16. The van der Waals surface area contributed by atoms with Crippen molar-refractivity contribution in [3.8, 4) is 0 Å². The van der Waals surface area contributed by atoms with Gasteiger partial charge in [0.15, 0.2) is 0 Å². The molecule has 0 spiro atoms. The molecular weight excluding hydrogens is 260 g/mol. The molecule has 1 aliphatic rings. The summed E-state index contributed by atoms with van der Waals surface area (Å²) in [5, 5.41) is 3.52. The molecule has 1 heterocycles. The number of ether oxygens (including phenoxy) is 1. The zero-order valence-corrected chi connectivity index (χ0v) is 13.8. The molecule has 0 radical (unpaired) electrons. The van der Waals surface area contributed by atoms with Gasteiger partial charge >= 0.3 is 0 Å². The number of hydrogen-bond donors (Lipinski definition) is 1. The van der Waals surface area contributed by atoms with Crippen LogP contribution in [0, 0.1) is 5.92 Å². The van der Waals surface area contributed by atoms with Crippen LogP contribution in [0.15, 0.2) is 24.3 Å². The maximum Gasteiger partial charge on any atom is 0.0674 e. The lowest BCUT2D eigenvalue weighted by Gasteiger charge is -2.22. The van der Waals surface area contributed by atoms with Crippen LogP contribution in [0.25, 0.3) is 0 Å². The minimum absolute atomic E-state index is 0.350. The Kier molecular flexibility index (Phi) is 6.68. The molecule has 0 aromatic heterocycles. The average molecular weight is 290 g/mol. The predicted molar refractivity (Wildman–Crippen MR) is 88.3 cm³/mol. The molecule has 1 aromatic rings. The topological polar surface area (TPSA) is 24.5 Å². The van der Waals surface area contributed by atoms with Crippen LogP contribution in [-0.4, -0.2) is 37.2 Å². The Balaban J connectivity index is 1.87. The summed E-state index contributed by atoms with van der Waals surface area (Å²) in [5.41, 5.74) is 2.79. The molecule has 1 fully saturated rings. The van der Waals surface area contributed by atoms with E-state index in [2.05, 4.69) is 55.3 Å². The highest BCUT2D eigenvalue weighted by molar-refractivity contribution is 5.23. The lowest BCUT2D eigenvalue weighted by molar-refractivity contribution is 0.0668. The Bertz CT molecular complexity index is 419. The summed E-state index contributed by atoms with van der Waals surface area (Å²) in [6.07, 6.45) is 1.49. The highest BCUT2D eigenvalue weighted by Crippen LogP contribution is 2.12. The molecule has 3 heteroatoms. The molecular formula is C18H30N2O. The molecule has 0 amide bonds. The van der Waals surface area contributed by atoms with Gasteiger partial charge in [0.2, 0.25) is 0 Å². The molecule has 0 bridgehead atoms. The molecule has 21 heavy (non-hydrogen) atoms. The Morgan fingerprint density at radius 3 is 2.95 bits per heavy atom. The monoisotopic (exact) mass is 290 g/mol. The minimum atomic E-state index is 0.350. The van der Waals surface area contributed by atoms with Gasteiger partial charge in [-0.3, -0.25) is 4.90 Å². The molecule has 2 rings (SSSR count). The van der Waals surface area contributed by atoms with Crippen molar-refractivity contribution in [1.82, 2.24) is 10.2 Å². The van der Waals surface area contributed by atoms with Gasteiger partial charge in [0.25, 0.3) is 0 Å². The molecule has 118 valence electrons. The molecule has 1 saturated heterocycles. The summed E-state index contributed by atoms with van der Waals surface area (Å²) in [6, 6.07) is 8.97. The minimum Gasteiger partial charge on any atom is -0.377 e. The van der Waals surface area contributed by atoms with Gasteiger partial charge in [-0.2, -0.15) is 0 Å². The predicted octanol–water partition coefficient (Wildman–Crippen LogP) is 3.04. The van der Waals surface area contributed by atoms with Crippen LogP contribution < -0.4 is 5.32 Å². The lowest BCUT2D eigenvalue weighted by Crippen LogP contribution is -2.29. The molecule has 1 unspecified atom stereocenters. The fourth-order valence-corrected chi connectivity index (χ4v) is 2.83. The van der Waals surface area contributed by atoms with Crippen molar-refractivity contribution in [2.24, 2.45) is 5.92 Å². The normalized spacial score (nSPS) is 20.7. The first-order chi connectivity index (χ1) is 10.1. The van der Waals surface area contributed by atoms with Gasteiger partial charge in [-0.05, 0) is 36.9 Å². The van der Waals surface area contributed by atoms with E-state index < -0.39 is 0 Å². The smallest absolute Gasteiger partial charge is 0.0674 e. The van der Waals surface area contributed by atoms with E-state index in [1.54, 1.807) is 0 Å². The molecule has 3 nitrogen and oxygen atoms in total. The van der Waals surface area contributed by atoms with Gasteiger partial charge in [-0.15, -0.1) is 0 Å². The van der Waals surface area contributed by atoms with Crippen molar-refractivity contribution in [2.75, 3.05) is 26.2 Å². The molecule has 1 N–H and O–H groups in total. The summed E-state index contributed by atoms with van der Waals surface area (Å²) in [6.45, 7) is 12.8. The lowest BCUT2D eigenvalue weighted by atomic mass is 10.1. The third-order valence-electron chi connectivity index (χ3n) is 3.82. The highest BCUT2D eigenvalue weighted by atomic mass is 16.5. The molecule has 1 aromatic carbocycles. The van der Waals surface area contributed by atoms with Crippen LogP contribution in [0.2, 0.25) is 0 Å². The summed E-state index contributed by atoms with van der Waals surface area (Å²) >= 11 is 0. The highest BCUT2D eigenvalue weighted by Gasteiger charge is 2.15. The summed E-state index contributed by atoms with van der Waals surface area (Å²) in [7, 11) is 0. The molecule has 1 atom stereocenters. The van der Waals surface area contributed by atoms with Gasteiger partial charge < -0.3 is 10.1 Å².